The second kappa shape index (κ2) is 6.81. The summed E-state index contributed by atoms with van der Waals surface area (Å²) >= 11 is 1.67. The van der Waals surface area contributed by atoms with Gasteiger partial charge >= 0.3 is 0 Å². The number of para-hydroxylation sites is 1. The van der Waals surface area contributed by atoms with Crippen LogP contribution in [0.25, 0.3) is 0 Å². The average molecular weight is 360 g/mol. The van der Waals surface area contributed by atoms with Crippen LogP contribution < -0.4 is 4.90 Å². The average Bonchev–Trinajstić information content (AvgIpc) is 2.59. The van der Waals surface area contributed by atoms with Crippen molar-refractivity contribution in [2.45, 2.75) is 63.4 Å². The predicted molar refractivity (Wildman–Crippen MR) is 105 cm³/mol. The van der Waals surface area contributed by atoms with E-state index >= 15 is 0 Å². The summed E-state index contributed by atoms with van der Waals surface area (Å²) in [7, 11) is 1.86. The quantitative estimate of drug-likeness (QED) is 0.677. The number of hydrogen-bond donors (Lipinski definition) is 1. The molecule has 2 bridgehead atoms. The van der Waals surface area contributed by atoms with E-state index in [1.807, 2.05) is 25.2 Å². The number of allylic oxidation sites excluding steroid dienone is 1. The molecule has 0 spiro atoms. The van der Waals surface area contributed by atoms with E-state index in [1.54, 1.807) is 16.7 Å². The van der Waals surface area contributed by atoms with Crippen molar-refractivity contribution < 1.29 is 9.90 Å². The molecule has 1 atom stereocenters. The Kier molecular flexibility index (Phi) is 5.04. The molecule has 1 aliphatic carbocycles. The predicted octanol–water partition coefficient (Wildman–Crippen LogP) is 4.79. The Labute approximate surface area is 155 Å². The molecule has 0 saturated carbocycles. The zero-order valence-electron chi connectivity index (χ0n) is 15.8. The summed E-state index contributed by atoms with van der Waals surface area (Å²) in [5.74, 6) is 0.811. The molecule has 1 aliphatic heterocycles. The first kappa shape index (κ1) is 18.5. The van der Waals surface area contributed by atoms with Gasteiger partial charge in [0.15, 0.2) is 0 Å². The van der Waals surface area contributed by atoms with Crippen LogP contribution in [0.5, 0.6) is 0 Å². The minimum atomic E-state index is -0.721. The smallest absolute Gasteiger partial charge is 0.226 e. The van der Waals surface area contributed by atoms with Gasteiger partial charge in [-0.2, -0.15) is 0 Å². The Morgan fingerprint density at radius 1 is 1.16 bits per heavy atom. The van der Waals surface area contributed by atoms with Crippen LogP contribution >= 0.6 is 11.8 Å². The Bertz CT molecular complexity index is 710. The van der Waals surface area contributed by atoms with Gasteiger partial charge in [-0.1, -0.05) is 37.1 Å². The Hall–Kier alpha value is -1.26. The number of carbonyl (C=O) groups is 1. The number of hydrogen-bond acceptors (Lipinski definition) is 3. The molecule has 1 N–H and O–H groups in total. The summed E-state index contributed by atoms with van der Waals surface area (Å²) in [6.45, 7) is 6.55. The van der Waals surface area contributed by atoms with Gasteiger partial charge in [0.25, 0.3) is 0 Å². The third-order valence-electron chi connectivity index (χ3n) is 6.23. The second-order valence-corrected chi connectivity index (χ2v) is 9.00. The van der Waals surface area contributed by atoms with Crippen molar-refractivity contribution in [3.63, 3.8) is 0 Å². The van der Waals surface area contributed by atoms with E-state index in [2.05, 4.69) is 26.8 Å². The van der Waals surface area contributed by atoms with E-state index < -0.39 is 5.60 Å². The molecule has 1 amide bonds. The molecule has 3 nitrogen and oxygen atoms in total. The van der Waals surface area contributed by atoms with E-state index in [9.17, 15) is 9.90 Å². The number of amides is 1. The maximum absolute atomic E-state index is 12.6. The molecule has 25 heavy (non-hydrogen) atoms. The van der Waals surface area contributed by atoms with Crippen LogP contribution in [0.1, 0.15) is 52.9 Å². The molecule has 1 aromatic carbocycles. The lowest BCUT2D eigenvalue weighted by atomic mass is 9.62. The fraction of sp³-hybridized carbons (Fsp3) is 0.571. The number of aliphatic hydroxyl groups is 1. The van der Waals surface area contributed by atoms with E-state index in [0.717, 1.165) is 36.3 Å². The number of rotatable bonds is 0. The highest BCUT2D eigenvalue weighted by atomic mass is 32.2. The van der Waals surface area contributed by atoms with Gasteiger partial charge in [0.1, 0.15) is 0 Å². The molecule has 4 heteroatoms. The molecule has 2 aliphatic rings. The van der Waals surface area contributed by atoms with Gasteiger partial charge in [-0.3, -0.25) is 4.79 Å². The van der Waals surface area contributed by atoms with Crippen LogP contribution in [0, 0.1) is 5.41 Å². The molecule has 0 fully saturated rings. The summed E-state index contributed by atoms with van der Waals surface area (Å²) in [5, 5.41) is 11.5. The third kappa shape index (κ3) is 3.26. The topological polar surface area (TPSA) is 40.5 Å². The number of fused-ring (bicyclic) bond motifs is 3. The zero-order valence-corrected chi connectivity index (χ0v) is 16.6. The molecule has 0 radical (unpaired) electrons. The van der Waals surface area contributed by atoms with Crippen molar-refractivity contribution in [3.8, 4) is 0 Å². The maximum atomic E-state index is 12.6. The number of nitrogens with zero attached hydrogens (tertiary/aromatic N) is 1. The maximum Gasteiger partial charge on any atom is 0.226 e. The highest BCUT2D eigenvalue weighted by molar-refractivity contribution is 7.99. The van der Waals surface area contributed by atoms with Gasteiger partial charge in [0, 0.05) is 29.5 Å². The monoisotopic (exact) mass is 359 g/mol. The van der Waals surface area contributed by atoms with Gasteiger partial charge in [-0.25, -0.2) is 0 Å². The van der Waals surface area contributed by atoms with Crippen LogP contribution in [0.3, 0.4) is 0 Å². The SMILES string of the molecule is CC1=C2CCCC(=O)N(C)c3ccccc3SCC(O)(CC1)C2(C)C. The van der Waals surface area contributed by atoms with Crippen LogP contribution in [-0.4, -0.2) is 29.4 Å². The standard InChI is InChI=1S/C21H29NO2S/c1-15-12-13-21(24)14-25-18-10-6-5-9-17(18)22(4)19(23)11-7-8-16(15)20(21,2)3/h5-6,9-10,24H,7-8,11-14H2,1-4H3. The van der Waals surface area contributed by atoms with Crippen LogP contribution in [0.15, 0.2) is 40.3 Å². The minimum Gasteiger partial charge on any atom is -0.388 e. The van der Waals surface area contributed by atoms with Gasteiger partial charge < -0.3 is 10.0 Å². The lowest BCUT2D eigenvalue weighted by molar-refractivity contribution is -0.118. The number of thioether (sulfide) groups is 1. The number of benzene rings is 1. The number of anilines is 1. The molecular weight excluding hydrogens is 330 g/mol. The van der Waals surface area contributed by atoms with E-state index in [-0.39, 0.29) is 11.3 Å². The van der Waals surface area contributed by atoms with Gasteiger partial charge in [0.05, 0.1) is 11.3 Å². The van der Waals surface area contributed by atoms with E-state index in [4.69, 9.17) is 0 Å². The van der Waals surface area contributed by atoms with Crippen LogP contribution in [0.4, 0.5) is 5.69 Å². The molecule has 1 heterocycles. The van der Waals surface area contributed by atoms with Crippen LogP contribution in [0.2, 0.25) is 0 Å². The molecule has 0 aromatic heterocycles. The molecule has 1 unspecified atom stereocenters. The number of carbonyl (C=O) groups excluding carboxylic acids is 1. The lowest BCUT2D eigenvalue weighted by Crippen LogP contribution is -2.50. The van der Waals surface area contributed by atoms with Crippen molar-refractivity contribution in [1.29, 1.82) is 0 Å². The van der Waals surface area contributed by atoms with Gasteiger partial charge in [0.2, 0.25) is 5.91 Å². The first-order valence-corrected chi connectivity index (χ1v) is 10.1. The Balaban J connectivity index is 2.03. The van der Waals surface area contributed by atoms with Crippen LogP contribution in [-0.2, 0) is 4.79 Å². The minimum absolute atomic E-state index is 0.163. The van der Waals surface area contributed by atoms with Crippen molar-refractivity contribution in [2.75, 3.05) is 17.7 Å². The van der Waals surface area contributed by atoms with Gasteiger partial charge in [-0.15, -0.1) is 11.8 Å². The third-order valence-corrected chi connectivity index (χ3v) is 7.51. The zero-order chi connectivity index (χ0) is 18.2. The largest absolute Gasteiger partial charge is 0.388 e. The Morgan fingerprint density at radius 2 is 1.88 bits per heavy atom. The van der Waals surface area contributed by atoms with Crippen molar-refractivity contribution in [2.24, 2.45) is 5.41 Å². The summed E-state index contributed by atoms with van der Waals surface area (Å²) in [6.07, 6.45) is 4.03. The first-order chi connectivity index (χ1) is 11.8. The Morgan fingerprint density at radius 3 is 2.64 bits per heavy atom. The molecule has 1 aromatic rings. The second-order valence-electron chi connectivity index (χ2n) is 7.98. The van der Waals surface area contributed by atoms with Gasteiger partial charge in [-0.05, 0) is 44.7 Å². The van der Waals surface area contributed by atoms with E-state index in [0.29, 0.717) is 12.2 Å². The normalized spacial score (nSPS) is 27.4. The highest BCUT2D eigenvalue weighted by Gasteiger charge is 2.48. The summed E-state index contributed by atoms with van der Waals surface area (Å²) < 4.78 is 0. The summed E-state index contributed by atoms with van der Waals surface area (Å²) in [6, 6.07) is 8.02. The molecule has 0 saturated heterocycles. The fourth-order valence-electron chi connectivity index (χ4n) is 4.22. The molecule has 136 valence electrons. The fourth-order valence-corrected chi connectivity index (χ4v) is 5.65. The summed E-state index contributed by atoms with van der Waals surface area (Å²) in [5.41, 5.74) is 2.72. The van der Waals surface area contributed by atoms with E-state index in [1.165, 1.54) is 11.1 Å². The highest BCUT2D eigenvalue weighted by Crippen LogP contribution is 2.51. The van der Waals surface area contributed by atoms with Crippen molar-refractivity contribution in [1.82, 2.24) is 0 Å². The summed E-state index contributed by atoms with van der Waals surface area (Å²) in [4.78, 5) is 15.5. The van der Waals surface area contributed by atoms with Crippen molar-refractivity contribution >= 4 is 23.4 Å². The molecule has 3 rings (SSSR count). The first-order valence-electron chi connectivity index (χ1n) is 9.16. The van der Waals surface area contributed by atoms with Crippen molar-refractivity contribution in [3.05, 3.63) is 35.4 Å². The molecular formula is C21H29NO2S. The lowest BCUT2D eigenvalue weighted by Gasteiger charge is -2.49.